The molecule has 0 bridgehead atoms. The minimum atomic E-state index is 0.318. The van der Waals surface area contributed by atoms with Crippen LogP contribution in [0.25, 0.3) is 0 Å². The molecule has 2 aromatic carbocycles. The van der Waals surface area contributed by atoms with Crippen LogP contribution >= 0.6 is 0 Å². The number of nitrogens with zero attached hydrogens (tertiary/aromatic N) is 2. The lowest BCUT2D eigenvalue weighted by Gasteiger charge is -2.18. The van der Waals surface area contributed by atoms with Crippen LogP contribution in [0.3, 0.4) is 0 Å². The highest BCUT2D eigenvalue weighted by atomic mass is 16.5. The topological polar surface area (TPSA) is 34.0 Å². The van der Waals surface area contributed by atoms with E-state index in [0.717, 1.165) is 36.4 Å². The van der Waals surface area contributed by atoms with Gasteiger partial charge in [-0.2, -0.15) is 10.2 Å². The summed E-state index contributed by atoms with van der Waals surface area (Å²) < 4.78 is 6.21. The van der Waals surface area contributed by atoms with Crippen molar-refractivity contribution in [1.29, 1.82) is 0 Å². The molecule has 0 aliphatic carbocycles. The number of azo groups is 1. The fourth-order valence-electron chi connectivity index (χ4n) is 2.95. The molecule has 2 aromatic rings. The predicted molar refractivity (Wildman–Crippen MR) is 110 cm³/mol. The summed E-state index contributed by atoms with van der Waals surface area (Å²) in [5.74, 6) is 0.927. The predicted octanol–water partition coefficient (Wildman–Crippen LogP) is 8.01. The third kappa shape index (κ3) is 7.81. The first kappa shape index (κ1) is 20.2. The van der Waals surface area contributed by atoms with E-state index in [1.54, 1.807) is 0 Å². The average Bonchev–Trinajstić information content (AvgIpc) is 2.68. The number of rotatable bonds is 12. The van der Waals surface area contributed by atoms with E-state index in [4.69, 9.17) is 4.74 Å². The lowest BCUT2D eigenvalue weighted by atomic mass is 10.0. The molecule has 2 rings (SSSR count). The fourth-order valence-corrected chi connectivity index (χ4v) is 2.95. The van der Waals surface area contributed by atoms with Gasteiger partial charge in [0.15, 0.2) is 0 Å². The molecular formula is C23H32N2O. The Morgan fingerprint density at radius 3 is 2.00 bits per heavy atom. The third-order valence-corrected chi connectivity index (χ3v) is 4.42. The van der Waals surface area contributed by atoms with Gasteiger partial charge in [-0.05, 0) is 55.7 Å². The zero-order chi connectivity index (χ0) is 18.5. The Balaban J connectivity index is 1.84. The Morgan fingerprint density at radius 2 is 1.35 bits per heavy atom. The van der Waals surface area contributed by atoms with Gasteiger partial charge in [0.2, 0.25) is 0 Å². The lowest BCUT2D eigenvalue weighted by molar-refractivity contribution is 0.175. The highest BCUT2D eigenvalue weighted by molar-refractivity contribution is 5.42. The van der Waals surface area contributed by atoms with Crippen molar-refractivity contribution in [2.75, 3.05) is 0 Å². The van der Waals surface area contributed by atoms with Crippen LogP contribution in [0.4, 0.5) is 11.4 Å². The van der Waals surface area contributed by atoms with Gasteiger partial charge in [0.05, 0.1) is 17.5 Å². The molecule has 3 nitrogen and oxygen atoms in total. The fraction of sp³-hybridized carbons (Fsp3) is 0.478. The van der Waals surface area contributed by atoms with Crippen LogP contribution in [-0.2, 0) is 0 Å². The van der Waals surface area contributed by atoms with Crippen LogP contribution in [0.2, 0.25) is 0 Å². The number of unbranched alkanes of at least 4 members (excludes halogenated alkanes) is 4. The molecular weight excluding hydrogens is 320 g/mol. The van der Waals surface area contributed by atoms with Crippen molar-refractivity contribution in [2.45, 2.75) is 71.3 Å². The molecule has 0 N–H and O–H groups in total. The van der Waals surface area contributed by atoms with Gasteiger partial charge in [-0.25, -0.2) is 0 Å². The molecule has 1 atom stereocenters. The Hall–Kier alpha value is -2.16. The first-order chi connectivity index (χ1) is 12.8. The van der Waals surface area contributed by atoms with Gasteiger partial charge < -0.3 is 4.74 Å². The molecule has 140 valence electrons. The van der Waals surface area contributed by atoms with Crippen LogP contribution in [0.15, 0.2) is 64.8 Å². The number of benzene rings is 2. The van der Waals surface area contributed by atoms with Gasteiger partial charge in [-0.3, -0.25) is 0 Å². The molecule has 0 aliphatic heterocycles. The Morgan fingerprint density at radius 1 is 0.692 bits per heavy atom. The first-order valence-corrected chi connectivity index (χ1v) is 10.0. The normalized spacial score (nSPS) is 12.4. The maximum Gasteiger partial charge on any atom is 0.119 e. The molecule has 3 heteroatoms. The van der Waals surface area contributed by atoms with Crippen molar-refractivity contribution in [1.82, 2.24) is 0 Å². The van der Waals surface area contributed by atoms with E-state index in [1.165, 1.54) is 32.1 Å². The first-order valence-electron chi connectivity index (χ1n) is 10.0. The summed E-state index contributed by atoms with van der Waals surface area (Å²) in [6.07, 6.45) is 10.3. The third-order valence-electron chi connectivity index (χ3n) is 4.42. The zero-order valence-corrected chi connectivity index (χ0v) is 16.2. The molecule has 0 aliphatic rings. The van der Waals surface area contributed by atoms with E-state index < -0.39 is 0 Å². The summed E-state index contributed by atoms with van der Waals surface area (Å²) in [4.78, 5) is 0. The molecule has 0 saturated heterocycles. The highest BCUT2D eigenvalue weighted by Crippen LogP contribution is 2.23. The van der Waals surface area contributed by atoms with Crippen molar-refractivity contribution < 1.29 is 4.74 Å². The molecule has 0 amide bonds. The minimum absolute atomic E-state index is 0.318. The van der Waals surface area contributed by atoms with Crippen LogP contribution in [0, 0.1) is 0 Å². The minimum Gasteiger partial charge on any atom is -0.490 e. The Labute approximate surface area is 158 Å². The molecule has 0 radical (unpaired) electrons. The number of ether oxygens (including phenoxy) is 1. The van der Waals surface area contributed by atoms with E-state index in [9.17, 15) is 0 Å². The van der Waals surface area contributed by atoms with Crippen LogP contribution in [0.1, 0.15) is 65.2 Å². The Kier molecular flexibility index (Phi) is 9.48. The summed E-state index contributed by atoms with van der Waals surface area (Å²) in [6.45, 7) is 4.48. The molecule has 26 heavy (non-hydrogen) atoms. The second kappa shape index (κ2) is 12.2. The van der Waals surface area contributed by atoms with Gasteiger partial charge >= 0.3 is 0 Å². The maximum absolute atomic E-state index is 6.21. The van der Waals surface area contributed by atoms with Gasteiger partial charge in [-0.15, -0.1) is 0 Å². The van der Waals surface area contributed by atoms with Crippen molar-refractivity contribution in [3.05, 3.63) is 54.6 Å². The SMILES string of the molecule is CCCCCCCC(CCC)Oc1ccc(N=Nc2ccccc2)cc1. The van der Waals surface area contributed by atoms with Gasteiger partial charge in [0, 0.05) is 0 Å². The van der Waals surface area contributed by atoms with Gasteiger partial charge in [-0.1, -0.05) is 64.2 Å². The smallest absolute Gasteiger partial charge is 0.119 e. The monoisotopic (exact) mass is 352 g/mol. The Bertz CT molecular complexity index is 622. The molecule has 0 saturated carbocycles. The van der Waals surface area contributed by atoms with Crippen molar-refractivity contribution in [2.24, 2.45) is 10.2 Å². The number of hydrogen-bond donors (Lipinski definition) is 0. The highest BCUT2D eigenvalue weighted by Gasteiger charge is 2.09. The summed E-state index contributed by atoms with van der Waals surface area (Å²) in [5.41, 5.74) is 1.70. The largest absolute Gasteiger partial charge is 0.490 e. The summed E-state index contributed by atoms with van der Waals surface area (Å²) in [6, 6.07) is 17.7. The summed E-state index contributed by atoms with van der Waals surface area (Å²) >= 11 is 0. The van der Waals surface area contributed by atoms with Crippen molar-refractivity contribution in [3.63, 3.8) is 0 Å². The quantitative estimate of drug-likeness (QED) is 0.281. The second-order valence-corrected chi connectivity index (χ2v) is 6.76. The summed E-state index contributed by atoms with van der Waals surface area (Å²) in [7, 11) is 0. The van der Waals surface area contributed by atoms with Crippen molar-refractivity contribution in [3.8, 4) is 5.75 Å². The molecule has 0 fully saturated rings. The molecule has 1 unspecified atom stereocenters. The summed E-state index contributed by atoms with van der Waals surface area (Å²) in [5, 5.41) is 8.53. The average molecular weight is 353 g/mol. The lowest BCUT2D eigenvalue weighted by Crippen LogP contribution is -2.16. The second-order valence-electron chi connectivity index (χ2n) is 6.76. The number of hydrogen-bond acceptors (Lipinski definition) is 3. The van der Waals surface area contributed by atoms with E-state index in [0.29, 0.717) is 6.10 Å². The maximum atomic E-state index is 6.21. The van der Waals surface area contributed by atoms with Crippen LogP contribution in [0.5, 0.6) is 5.75 Å². The zero-order valence-electron chi connectivity index (χ0n) is 16.2. The van der Waals surface area contributed by atoms with Gasteiger partial charge in [0.1, 0.15) is 5.75 Å². The van der Waals surface area contributed by atoms with Crippen LogP contribution < -0.4 is 4.74 Å². The van der Waals surface area contributed by atoms with Gasteiger partial charge in [0.25, 0.3) is 0 Å². The van der Waals surface area contributed by atoms with Crippen LogP contribution in [-0.4, -0.2) is 6.10 Å². The van der Waals surface area contributed by atoms with Crippen molar-refractivity contribution >= 4 is 11.4 Å². The van der Waals surface area contributed by atoms with E-state index in [2.05, 4.69) is 24.1 Å². The molecule has 0 spiro atoms. The van der Waals surface area contributed by atoms with E-state index in [-0.39, 0.29) is 0 Å². The molecule has 0 aromatic heterocycles. The molecule has 0 heterocycles. The van der Waals surface area contributed by atoms with E-state index in [1.807, 2.05) is 54.6 Å². The standard InChI is InChI=1S/C23H32N2O/c1-3-5-6-7-11-15-22(12-4-2)26-23-18-16-21(17-19-23)25-24-20-13-9-8-10-14-20/h8-10,13-14,16-19,22H,3-7,11-12,15H2,1-2H3. The van der Waals surface area contributed by atoms with E-state index >= 15 is 0 Å².